The normalized spacial score (nSPS) is 15.0. The predicted octanol–water partition coefficient (Wildman–Crippen LogP) is 3.91. The second kappa shape index (κ2) is 8.56. The van der Waals surface area contributed by atoms with Crippen molar-refractivity contribution < 1.29 is 23.6 Å². The smallest absolute Gasteiger partial charge is 0.415 e. The van der Waals surface area contributed by atoms with Crippen molar-refractivity contribution in [2.24, 2.45) is 0 Å². The highest BCUT2D eigenvalue weighted by Gasteiger charge is 2.56. The maximum Gasteiger partial charge on any atom is 0.526 e. The van der Waals surface area contributed by atoms with Crippen molar-refractivity contribution in [3.05, 3.63) is 83.1 Å². The van der Waals surface area contributed by atoms with Crippen LogP contribution in [0.4, 0.5) is 4.79 Å². The molecule has 0 saturated carbocycles. The van der Waals surface area contributed by atoms with Crippen LogP contribution in [0.2, 0.25) is 5.02 Å². The molecule has 0 bridgehead atoms. The van der Waals surface area contributed by atoms with Crippen molar-refractivity contribution in [2.75, 3.05) is 14.2 Å². The zero-order chi connectivity index (χ0) is 20.1. The van der Waals surface area contributed by atoms with E-state index >= 15 is 0 Å². The Morgan fingerprint density at radius 3 is 2.32 bits per heavy atom. The summed E-state index contributed by atoms with van der Waals surface area (Å²) >= 11 is 6.28. The monoisotopic (exact) mass is 401 g/mol. The SMILES string of the molecule is CON(C)C(=O)[C@@H](Cc1ccccc1Cl)[N+]1(C(=O)OCc2ccccc2)C=C1. The molecule has 1 aliphatic heterocycles. The number of hydrogen-bond donors (Lipinski definition) is 0. The van der Waals surface area contributed by atoms with E-state index in [1.165, 1.54) is 14.2 Å². The number of hydrogen-bond acceptors (Lipinski definition) is 4. The maximum absolute atomic E-state index is 12.9. The van der Waals surface area contributed by atoms with Crippen LogP contribution < -0.4 is 0 Å². The Morgan fingerprint density at radius 2 is 1.71 bits per heavy atom. The predicted molar refractivity (Wildman–Crippen MR) is 105 cm³/mol. The van der Waals surface area contributed by atoms with Gasteiger partial charge in [-0.3, -0.25) is 9.63 Å². The van der Waals surface area contributed by atoms with Crippen molar-refractivity contribution in [1.82, 2.24) is 5.06 Å². The molecule has 0 aliphatic carbocycles. The second-order valence-corrected chi connectivity index (χ2v) is 6.91. The van der Waals surface area contributed by atoms with Crippen LogP contribution in [0.25, 0.3) is 0 Å². The highest BCUT2D eigenvalue weighted by molar-refractivity contribution is 6.31. The lowest BCUT2D eigenvalue weighted by atomic mass is 10.0. The van der Waals surface area contributed by atoms with E-state index in [1.54, 1.807) is 18.5 Å². The van der Waals surface area contributed by atoms with Crippen LogP contribution in [0.5, 0.6) is 0 Å². The molecule has 6 nitrogen and oxygen atoms in total. The second-order valence-electron chi connectivity index (χ2n) is 6.50. The summed E-state index contributed by atoms with van der Waals surface area (Å²) in [5.74, 6) is -0.343. The Kier molecular flexibility index (Phi) is 6.14. The summed E-state index contributed by atoms with van der Waals surface area (Å²) in [6.07, 6.45) is 3.05. The molecular weight excluding hydrogens is 380 g/mol. The average molecular weight is 402 g/mol. The minimum Gasteiger partial charge on any atom is -0.415 e. The van der Waals surface area contributed by atoms with Crippen molar-refractivity contribution in [2.45, 2.75) is 19.1 Å². The molecular formula is C21H22ClN2O4+. The molecule has 146 valence electrons. The van der Waals surface area contributed by atoms with E-state index in [-0.39, 0.29) is 23.4 Å². The van der Waals surface area contributed by atoms with Gasteiger partial charge in [-0.2, -0.15) is 4.79 Å². The number of likely N-dealkylation sites (N-methyl/N-ethyl adjacent to an activating group) is 1. The standard InChI is InChI=1S/C21H22ClN2O4/c1-23(27-2)20(25)19(14-17-10-6-7-11-18(17)22)24(12-13-24)21(26)28-15-16-8-4-3-5-9-16/h3-13,19H,14-15H2,1-2H3/q+1/t19-/m1/s1. The van der Waals surface area contributed by atoms with Gasteiger partial charge in [0.05, 0.1) is 7.11 Å². The van der Waals surface area contributed by atoms with Crippen molar-refractivity contribution in [1.29, 1.82) is 0 Å². The highest BCUT2D eigenvalue weighted by atomic mass is 35.5. The number of carbonyl (C=O) groups is 2. The topological polar surface area (TPSA) is 55.8 Å². The molecule has 1 heterocycles. The maximum atomic E-state index is 12.9. The number of nitrogens with zero attached hydrogens (tertiary/aromatic N) is 2. The van der Waals surface area contributed by atoms with Crippen LogP contribution in [-0.2, 0) is 27.4 Å². The van der Waals surface area contributed by atoms with E-state index in [2.05, 4.69) is 0 Å². The molecule has 1 atom stereocenters. The molecule has 2 amide bonds. The van der Waals surface area contributed by atoms with E-state index < -0.39 is 12.1 Å². The largest absolute Gasteiger partial charge is 0.526 e. The van der Waals surface area contributed by atoms with Gasteiger partial charge in [0.15, 0.2) is 18.4 Å². The molecule has 28 heavy (non-hydrogen) atoms. The van der Waals surface area contributed by atoms with Gasteiger partial charge in [-0.25, -0.2) is 5.06 Å². The Bertz CT molecular complexity index is 879. The number of carbonyl (C=O) groups excluding carboxylic acids is 2. The van der Waals surface area contributed by atoms with Gasteiger partial charge in [-0.05, 0) is 17.2 Å². The van der Waals surface area contributed by atoms with Gasteiger partial charge in [-0.15, -0.1) is 4.48 Å². The summed E-state index contributed by atoms with van der Waals surface area (Å²) in [5, 5.41) is 1.66. The summed E-state index contributed by atoms with van der Waals surface area (Å²) in [6, 6.07) is 15.9. The van der Waals surface area contributed by atoms with E-state index in [0.29, 0.717) is 5.02 Å². The van der Waals surface area contributed by atoms with E-state index in [1.807, 2.05) is 48.5 Å². The first-order valence-corrected chi connectivity index (χ1v) is 9.20. The van der Waals surface area contributed by atoms with Crippen molar-refractivity contribution in [3.8, 4) is 0 Å². The number of benzene rings is 2. The van der Waals surface area contributed by atoms with E-state index in [4.69, 9.17) is 21.2 Å². The molecule has 3 rings (SSSR count). The summed E-state index contributed by atoms with van der Waals surface area (Å²) in [7, 11) is 2.91. The van der Waals surface area contributed by atoms with Gasteiger partial charge in [0.2, 0.25) is 0 Å². The Labute approximate surface area is 169 Å². The van der Waals surface area contributed by atoms with Crippen LogP contribution in [0.3, 0.4) is 0 Å². The first-order chi connectivity index (χ1) is 13.5. The van der Waals surface area contributed by atoms with Gasteiger partial charge in [0.1, 0.15) is 6.61 Å². The van der Waals surface area contributed by atoms with E-state index in [9.17, 15) is 9.59 Å². The Hall–Kier alpha value is -2.67. The lowest BCUT2D eigenvalue weighted by molar-refractivity contribution is -0.711. The third-order valence-corrected chi connectivity index (χ3v) is 5.12. The number of ether oxygens (including phenoxy) is 1. The number of quaternary nitrogens is 1. The van der Waals surface area contributed by atoms with Crippen LogP contribution in [0.15, 0.2) is 67.0 Å². The number of amides is 2. The molecule has 0 aromatic heterocycles. The fourth-order valence-electron chi connectivity index (χ4n) is 2.95. The minimum atomic E-state index is -0.770. The molecule has 0 saturated heterocycles. The zero-order valence-corrected chi connectivity index (χ0v) is 16.5. The van der Waals surface area contributed by atoms with Crippen molar-refractivity contribution in [3.63, 3.8) is 0 Å². The first-order valence-electron chi connectivity index (χ1n) is 8.83. The third kappa shape index (κ3) is 4.25. The van der Waals surface area contributed by atoms with Crippen LogP contribution >= 0.6 is 11.6 Å². The molecule has 0 fully saturated rings. The number of halogens is 1. The molecule has 2 aromatic carbocycles. The molecule has 7 heteroatoms. The fourth-order valence-corrected chi connectivity index (χ4v) is 3.17. The lowest BCUT2D eigenvalue weighted by Crippen LogP contribution is -2.53. The number of rotatable bonds is 7. The number of hydroxylamine groups is 2. The minimum absolute atomic E-state index is 0.133. The molecule has 1 aliphatic rings. The Balaban J connectivity index is 1.81. The fraction of sp³-hybridized carbons (Fsp3) is 0.238. The molecule has 0 radical (unpaired) electrons. The van der Waals surface area contributed by atoms with Crippen LogP contribution in [0, 0.1) is 0 Å². The molecule has 0 N–H and O–H groups in total. The summed E-state index contributed by atoms with van der Waals surface area (Å²) in [5.41, 5.74) is 1.65. The summed E-state index contributed by atoms with van der Waals surface area (Å²) in [4.78, 5) is 30.9. The quantitative estimate of drug-likeness (QED) is 0.521. The first kappa shape index (κ1) is 20.1. The van der Waals surface area contributed by atoms with Gasteiger partial charge in [0, 0.05) is 18.5 Å². The molecule has 0 unspecified atom stereocenters. The van der Waals surface area contributed by atoms with Crippen LogP contribution in [-0.4, -0.2) is 41.7 Å². The third-order valence-electron chi connectivity index (χ3n) is 4.75. The highest BCUT2D eigenvalue weighted by Crippen LogP contribution is 2.34. The van der Waals surface area contributed by atoms with Crippen LogP contribution in [0.1, 0.15) is 11.1 Å². The Morgan fingerprint density at radius 1 is 1.07 bits per heavy atom. The molecule has 0 spiro atoms. The van der Waals surface area contributed by atoms with Gasteiger partial charge in [0.25, 0.3) is 0 Å². The van der Waals surface area contributed by atoms with Gasteiger partial charge >= 0.3 is 12.0 Å². The van der Waals surface area contributed by atoms with Crippen molar-refractivity contribution >= 4 is 23.6 Å². The lowest BCUT2D eigenvalue weighted by Gasteiger charge is -2.27. The van der Waals surface area contributed by atoms with Gasteiger partial charge in [-0.1, -0.05) is 60.1 Å². The zero-order valence-electron chi connectivity index (χ0n) is 15.7. The molecule has 2 aromatic rings. The average Bonchev–Trinajstić information content (AvgIpc) is 3.53. The van der Waals surface area contributed by atoms with E-state index in [0.717, 1.165) is 16.2 Å². The van der Waals surface area contributed by atoms with Gasteiger partial charge < -0.3 is 4.74 Å². The summed E-state index contributed by atoms with van der Waals surface area (Å²) in [6.45, 7) is 0.133. The summed E-state index contributed by atoms with van der Waals surface area (Å²) < 4.78 is 5.19.